The van der Waals surface area contributed by atoms with Gasteiger partial charge in [-0.25, -0.2) is 0 Å². The van der Waals surface area contributed by atoms with E-state index in [1.54, 1.807) is 6.20 Å². The van der Waals surface area contributed by atoms with Gasteiger partial charge in [0.2, 0.25) is 0 Å². The second kappa shape index (κ2) is 5.68. The molecule has 1 unspecified atom stereocenters. The van der Waals surface area contributed by atoms with Crippen molar-refractivity contribution in [2.45, 2.75) is 25.2 Å². The number of pyridine rings is 1. The normalized spacial score (nSPS) is 17.1. The molecule has 1 atom stereocenters. The van der Waals surface area contributed by atoms with Crippen molar-refractivity contribution < 1.29 is 4.79 Å². The lowest BCUT2D eigenvalue weighted by atomic mass is 9.82. The Bertz CT molecular complexity index is 664. The summed E-state index contributed by atoms with van der Waals surface area (Å²) in [7, 11) is 3.97. The molecule has 1 aromatic heterocycles. The molecule has 3 rings (SSSR count). The zero-order valence-electron chi connectivity index (χ0n) is 12.5. The standard InChI is InChI=1S/C18H20N2O/c1-20(2)15-9-3-7-14(12-15)18(21)16-10-4-6-13-8-5-11-19-17(13)16/h3,5,7-9,11-12,16H,4,6,10H2,1-2H3. The van der Waals surface area contributed by atoms with Crippen LogP contribution >= 0.6 is 0 Å². The summed E-state index contributed by atoms with van der Waals surface area (Å²) in [5.41, 5.74) is 4.04. The molecule has 1 aromatic carbocycles. The minimum absolute atomic E-state index is 0.0904. The van der Waals surface area contributed by atoms with Gasteiger partial charge in [-0.1, -0.05) is 18.2 Å². The molecule has 108 valence electrons. The van der Waals surface area contributed by atoms with Crippen LogP contribution in [0.3, 0.4) is 0 Å². The summed E-state index contributed by atoms with van der Waals surface area (Å²) in [6.45, 7) is 0. The highest BCUT2D eigenvalue weighted by Crippen LogP contribution is 2.33. The second-order valence-corrected chi connectivity index (χ2v) is 5.80. The molecule has 0 bridgehead atoms. The van der Waals surface area contributed by atoms with Gasteiger partial charge in [-0.2, -0.15) is 0 Å². The molecule has 21 heavy (non-hydrogen) atoms. The molecule has 0 radical (unpaired) electrons. The Balaban J connectivity index is 1.95. The fourth-order valence-corrected chi connectivity index (χ4v) is 3.00. The van der Waals surface area contributed by atoms with Crippen LogP contribution in [-0.4, -0.2) is 24.9 Å². The van der Waals surface area contributed by atoms with Crippen LogP contribution in [0.2, 0.25) is 0 Å². The number of anilines is 1. The summed E-state index contributed by atoms with van der Waals surface area (Å²) in [5.74, 6) is 0.103. The summed E-state index contributed by atoms with van der Waals surface area (Å²) < 4.78 is 0. The van der Waals surface area contributed by atoms with Crippen LogP contribution < -0.4 is 4.90 Å². The van der Waals surface area contributed by atoms with Crippen LogP contribution in [0.15, 0.2) is 42.6 Å². The Kier molecular flexibility index (Phi) is 3.74. The van der Waals surface area contributed by atoms with Crippen LogP contribution in [0.4, 0.5) is 5.69 Å². The average Bonchev–Trinajstić information content (AvgIpc) is 2.53. The van der Waals surface area contributed by atoms with Crippen LogP contribution in [0.1, 0.15) is 40.4 Å². The molecular formula is C18H20N2O. The molecule has 0 fully saturated rings. The van der Waals surface area contributed by atoms with E-state index in [-0.39, 0.29) is 11.7 Å². The Morgan fingerprint density at radius 2 is 2.10 bits per heavy atom. The SMILES string of the molecule is CN(C)c1cccc(C(=O)C2CCCc3cccnc32)c1. The highest BCUT2D eigenvalue weighted by Gasteiger charge is 2.28. The van der Waals surface area contributed by atoms with Gasteiger partial charge in [-0.3, -0.25) is 9.78 Å². The number of nitrogens with zero attached hydrogens (tertiary/aromatic N) is 2. The summed E-state index contributed by atoms with van der Waals surface area (Å²) in [4.78, 5) is 19.4. The molecule has 1 aliphatic rings. The first kappa shape index (κ1) is 13.8. The highest BCUT2D eigenvalue weighted by molar-refractivity contribution is 6.01. The maximum atomic E-state index is 12.9. The third kappa shape index (κ3) is 2.68. The fourth-order valence-electron chi connectivity index (χ4n) is 3.00. The van der Waals surface area contributed by atoms with Crippen molar-refractivity contribution in [3.05, 3.63) is 59.4 Å². The first-order valence-corrected chi connectivity index (χ1v) is 7.42. The largest absolute Gasteiger partial charge is 0.378 e. The van der Waals surface area contributed by atoms with E-state index in [0.717, 1.165) is 36.2 Å². The van der Waals surface area contributed by atoms with Crippen LogP contribution in [0, 0.1) is 0 Å². The molecule has 0 spiro atoms. The van der Waals surface area contributed by atoms with Crippen LogP contribution in [0.5, 0.6) is 0 Å². The van der Waals surface area contributed by atoms with Crippen LogP contribution in [0.25, 0.3) is 0 Å². The topological polar surface area (TPSA) is 33.2 Å². The first-order valence-electron chi connectivity index (χ1n) is 7.42. The van der Waals surface area contributed by atoms with E-state index in [2.05, 4.69) is 11.1 Å². The lowest BCUT2D eigenvalue weighted by Crippen LogP contribution is -2.20. The zero-order chi connectivity index (χ0) is 14.8. The molecule has 0 N–H and O–H groups in total. The summed E-state index contributed by atoms with van der Waals surface area (Å²) in [6, 6.07) is 11.9. The van der Waals surface area contributed by atoms with E-state index < -0.39 is 0 Å². The van der Waals surface area contributed by atoms with Gasteiger partial charge >= 0.3 is 0 Å². The maximum absolute atomic E-state index is 12.9. The molecular weight excluding hydrogens is 260 g/mol. The highest BCUT2D eigenvalue weighted by atomic mass is 16.1. The Labute approximate surface area is 125 Å². The minimum atomic E-state index is -0.0904. The smallest absolute Gasteiger partial charge is 0.171 e. The van der Waals surface area contributed by atoms with Gasteiger partial charge in [0, 0.05) is 31.5 Å². The lowest BCUT2D eigenvalue weighted by molar-refractivity contribution is 0.0949. The van der Waals surface area contributed by atoms with E-state index in [4.69, 9.17) is 0 Å². The van der Waals surface area contributed by atoms with Gasteiger partial charge in [-0.15, -0.1) is 0 Å². The fraction of sp³-hybridized carbons (Fsp3) is 0.333. The van der Waals surface area contributed by atoms with E-state index in [1.165, 1.54) is 5.56 Å². The number of hydrogen-bond acceptors (Lipinski definition) is 3. The van der Waals surface area contributed by atoms with E-state index in [1.807, 2.05) is 49.3 Å². The third-order valence-electron chi connectivity index (χ3n) is 4.16. The van der Waals surface area contributed by atoms with Crippen molar-refractivity contribution >= 4 is 11.5 Å². The Morgan fingerprint density at radius 1 is 1.24 bits per heavy atom. The molecule has 2 aromatic rings. The number of Topliss-reactive ketones (excluding diaryl/α,β-unsaturated/α-hetero) is 1. The first-order chi connectivity index (χ1) is 10.2. The number of carbonyl (C=O) groups is 1. The predicted octanol–water partition coefficient (Wildman–Crippen LogP) is 3.45. The Hall–Kier alpha value is -2.16. The predicted molar refractivity (Wildman–Crippen MR) is 85.0 cm³/mol. The van der Waals surface area contributed by atoms with Gasteiger partial charge in [0.1, 0.15) is 0 Å². The number of benzene rings is 1. The van der Waals surface area contributed by atoms with E-state index in [9.17, 15) is 4.79 Å². The minimum Gasteiger partial charge on any atom is -0.378 e. The number of aromatic nitrogens is 1. The third-order valence-corrected chi connectivity index (χ3v) is 4.16. The number of rotatable bonds is 3. The van der Waals surface area contributed by atoms with Gasteiger partial charge in [-0.05, 0) is 43.0 Å². The Morgan fingerprint density at radius 3 is 2.90 bits per heavy atom. The molecule has 3 nitrogen and oxygen atoms in total. The van der Waals surface area contributed by atoms with Gasteiger partial charge in [0.25, 0.3) is 0 Å². The molecule has 1 aliphatic carbocycles. The molecule has 3 heteroatoms. The summed E-state index contributed by atoms with van der Waals surface area (Å²) in [6.07, 6.45) is 4.78. The lowest BCUT2D eigenvalue weighted by Gasteiger charge is -2.23. The number of ketones is 1. The molecule has 0 amide bonds. The van der Waals surface area contributed by atoms with Gasteiger partial charge in [0.05, 0.1) is 11.6 Å². The van der Waals surface area contributed by atoms with Crippen molar-refractivity contribution in [1.29, 1.82) is 0 Å². The van der Waals surface area contributed by atoms with Gasteiger partial charge < -0.3 is 4.90 Å². The summed E-state index contributed by atoms with van der Waals surface area (Å²) >= 11 is 0. The molecule has 0 aliphatic heterocycles. The van der Waals surface area contributed by atoms with E-state index in [0.29, 0.717) is 0 Å². The van der Waals surface area contributed by atoms with Crippen molar-refractivity contribution in [2.24, 2.45) is 0 Å². The van der Waals surface area contributed by atoms with Crippen molar-refractivity contribution in [1.82, 2.24) is 4.98 Å². The number of fused-ring (bicyclic) bond motifs is 1. The molecule has 0 saturated carbocycles. The monoisotopic (exact) mass is 280 g/mol. The molecule has 0 saturated heterocycles. The number of aryl methyl sites for hydroxylation is 1. The van der Waals surface area contributed by atoms with Crippen molar-refractivity contribution in [3.8, 4) is 0 Å². The molecule has 1 heterocycles. The summed E-state index contributed by atoms with van der Waals surface area (Å²) in [5, 5.41) is 0. The number of hydrogen-bond donors (Lipinski definition) is 0. The van der Waals surface area contributed by atoms with Crippen molar-refractivity contribution in [3.63, 3.8) is 0 Å². The second-order valence-electron chi connectivity index (χ2n) is 5.80. The average molecular weight is 280 g/mol. The van der Waals surface area contributed by atoms with Gasteiger partial charge in [0.15, 0.2) is 5.78 Å². The maximum Gasteiger partial charge on any atom is 0.171 e. The van der Waals surface area contributed by atoms with Crippen molar-refractivity contribution in [2.75, 3.05) is 19.0 Å². The van der Waals surface area contributed by atoms with Crippen LogP contribution in [-0.2, 0) is 6.42 Å². The quantitative estimate of drug-likeness (QED) is 0.807. The number of carbonyl (C=O) groups excluding carboxylic acids is 1. The van der Waals surface area contributed by atoms with E-state index >= 15 is 0 Å². The zero-order valence-corrected chi connectivity index (χ0v) is 12.5.